The maximum atomic E-state index is 12.1. The third kappa shape index (κ3) is 4.28. The van der Waals surface area contributed by atoms with Crippen LogP contribution in [0.1, 0.15) is 83.4 Å². The van der Waals surface area contributed by atoms with E-state index in [1.807, 2.05) is 0 Å². The molecule has 1 aromatic carbocycles. The summed E-state index contributed by atoms with van der Waals surface area (Å²) in [5, 5.41) is 0. The average molecular weight is 328 g/mol. The van der Waals surface area contributed by atoms with Crippen molar-refractivity contribution in [3.8, 4) is 5.75 Å². The fourth-order valence-corrected chi connectivity index (χ4v) is 3.37. The van der Waals surface area contributed by atoms with E-state index < -0.39 is 0 Å². The van der Waals surface area contributed by atoms with Gasteiger partial charge in [-0.05, 0) is 31.2 Å². The molecule has 0 aliphatic carbocycles. The Morgan fingerprint density at radius 1 is 1.17 bits per heavy atom. The number of carbonyl (C=O) groups is 1. The van der Waals surface area contributed by atoms with E-state index >= 15 is 0 Å². The average Bonchev–Trinajstić information content (AvgIpc) is 2.49. The molecule has 2 rings (SSSR count). The lowest BCUT2D eigenvalue weighted by Gasteiger charge is -2.30. The van der Waals surface area contributed by atoms with Crippen LogP contribution in [0.25, 0.3) is 0 Å². The molecule has 2 heteroatoms. The van der Waals surface area contributed by atoms with Crippen LogP contribution in [0.4, 0.5) is 0 Å². The smallest absolute Gasteiger partial charge is 0.159 e. The van der Waals surface area contributed by atoms with Gasteiger partial charge in [-0.1, -0.05) is 64.7 Å². The number of fused-ring (bicyclic) bond motifs is 1. The Labute approximate surface area is 147 Å². The van der Waals surface area contributed by atoms with Gasteiger partial charge in [0.2, 0.25) is 0 Å². The van der Waals surface area contributed by atoms with Gasteiger partial charge in [-0.3, -0.25) is 4.79 Å². The first-order chi connectivity index (χ1) is 11.2. The van der Waals surface area contributed by atoms with Crippen molar-refractivity contribution in [1.29, 1.82) is 0 Å². The number of rotatable bonds is 6. The first-order valence-corrected chi connectivity index (χ1v) is 9.28. The second-order valence-corrected chi connectivity index (χ2v) is 8.10. The quantitative estimate of drug-likeness (QED) is 0.595. The Kier molecular flexibility index (Phi) is 5.90. The lowest BCUT2D eigenvalue weighted by atomic mass is 9.82. The number of unbranched alkanes of at least 4 members (excludes halogenated alkanes) is 3. The van der Waals surface area contributed by atoms with Gasteiger partial charge in [0.05, 0.1) is 0 Å². The van der Waals surface area contributed by atoms with Gasteiger partial charge in [0.25, 0.3) is 0 Å². The van der Waals surface area contributed by atoms with Gasteiger partial charge >= 0.3 is 0 Å². The molecule has 2 nitrogen and oxygen atoms in total. The maximum absolute atomic E-state index is 12.1. The summed E-state index contributed by atoms with van der Waals surface area (Å²) in [6, 6.07) is 4.40. The van der Waals surface area contributed by atoms with Crippen LogP contribution in [-0.2, 0) is 16.6 Å². The van der Waals surface area contributed by atoms with Crippen molar-refractivity contribution in [2.24, 2.45) is 0 Å². The number of Topliss-reactive ketones (excluding diaryl/α,β-unsaturated/α-hetero) is 1. The van der Waals surface area contributed by atoms with Gasteiger partial charge in [-0.2, -0.15) is 0 Å². The zero-order valence-corrected chi connectivity index (χ0v) is 16.2. The molecule has 0 aromatic heterocycles. The number of ether oxygens (including phenoxy) is 1. The lowest BCUT2D eigenvalue weighted by molar-refractivity contribution is -0.113. The zero-order valence-electron chi connectivity index (χ0n) is 16.2. The van der Waals surface area contributed by atoms with Crippen molar-refractivity contribution in [1.82, 2.24) is 0 Å². The molecule has 0 amide bonds. The molecule has 0 bridgehead atoms. The third-order valence-electron chi connectivity index (χ3n) is 4.73. The molecule has 1 heterocycles. The highest BCUT2D eigenvalue weighted by Gasteiger charge is 2.28. The molecule has 24 heavy (non-hydrogen) atoms. The van der Waals surface area contributed by atoms with E-state index in [4.69, 9.17) is 4.74 Å². The fourth-order valence-electron chi connectivity index (χ4n) is 3.37. The standard InChI is InChI=1S/C22H32O2/c1-7-8-9-10-11-20-18(16(3)23)14-17-12-15(2)13-19(21(17)24-20)22(4,5)6/h12-13H,7-11,14H2,1-6H3. The minimum atomic E-state index is 0.0250. The van der Waals surface area contributed by atoms with Crippen LogP contribution >= 0.6 is 0 Å². The second-order valence-electron chi connectivity index (χ2n) is 8.10. The Hall–Kier alpha value is -1.57. The minimum Gasteiger partial charge on any atom is -0.461 e. The normalized spacial score (nSPS) is 14.4. The lowest BCUT2D eigenvalue weighted by Crippen LogP contribution is -2.21. The molecule has 0 saturated carbocycles. The first kappa shape index (κ1) is 18.8. The van der Waals surface area contributed by atoms with Crippen molar-refractivity contribution in [3.63, 3.8) is 0 Å². The number of aryl methyl sites for hydroxylation is 1. The summed E-state index contributed by atoms with van der Waals surface area (Å²) in [7, 11) is 0. The van der Waals surface area contributed by atoms with Crippen molar-refractivity contribution < 1.29 is 9.53 Å². The van der Waals surface area contributed by atoms with E-state index in [0.717, 1.165) is 35.5 Å². The number of carbonyl (C=O) groups excluding carboxylic acids is 1. The summed E-state index contributed by atoms with van der Waals surface area (Å²) in [6.07, 6.45) is 6.32. The number of hydrogen-bond acceptors (Lipinski definition) is 2. The Morgan fingerprint density at radius 2 is 1.88 bits per heavy atom. The van der Waals surface area contributed by atoms with Gasteiger partial charge in [0.15, 0.2) is 5.78 Å². The van der Waals surface area contributed by atoms with Crippen LogP contribution in [0.2, 0.25) is 0 Å². The predicted molar refractivity (Wildman–Crippen MR) is 101 cm³/mol. The predicted octanol–water partition coefficient (Wildman–Crippen LogP) is 6.04. The Balaban J connectivity index is 2.36. The molecule has 0 radical (unpaired) electrons. The third-order valence-corrected chi connectivity index (χ3v) is 4.73. The largest absolute Gasteiger partial charge is 0.461 e. The highest BCUT2D eigenvalue weighted by atomic mass is 16.5. The molecular formula is C22H32O2. The molecule has 1 aliphatic heterocycles. The molecule has 1 aliphatic rings. The summed E-state index contributed by atoms with van der Waals surface area (Å²) >= 11 is 0. The summed E-state index contributed by atoms with van der Waals surface area (Å²) in [5.41, 5.74) is 4.52. The van der Waals surface area contributed by atoms with E-state index in [9.17, 15) is 4.79 Å². The van der Waals surface area contributed by atoms with Crippen LogP contribution < -0.4 is 4.74 Å². The topological polar surface area (TPSA) is 26.3 Å². The summed E-state index contributed by atoms with van der Waals surface area (Å²) in [4.78, 5) is 12.1. The molecule has 0 unspecified atom stereocenters. The number of ketones is 1. The molecule has 0 N–H and O–H groups in total. The van der Waals surface area contributed by atoms with Crippen molar-refractivity contribution in [2.45, 2.75) is 85.5 Å². The Morgan fingerprint density at radius 3 is 2.46 bits per heavy atom. The van der Waals surface area contributed by atoms with E-state index in [2.05, 4.69) is 46.8 Å². The monoisotopic (exact) mass is 328 g/mol. The van der Waals surface area contributed by atoms with Crippen LogP contribution in [0, 0.1) is 6.92 Å². The number of benzene rings is 1. The van der Waals surface area contributed by atoms with E-state index in [0.29, 0.717) is 6.42 Å². The molecule has 132 valence electrons. The summed E-state index contributed by atoms with van der Waals surface area (Å²) in [5.74, 6) is 2.04. The first-order valence-electron chi connectivity index (χ1n) is 9.28. The van der Waals surface area contributed by atoms with Gasteiger partial charge in [-0.15, -0.1) is 0 Å². The van der Waals surface area contributed by atoms with Crippen LogP contribution in [0.15, 0.2) is 23.5 Å². The van der Waals surface area contributed by atoms with Gasteiger partial charge in [0, 0.05) is 24.0 Å². The Bertz CT molecular complexity index is 645. The molecule has 0 saturated heterocycles. The van der Waals surface area contributed by atoms with Crippen LogP contribution in [0.3, 0.4) is 0 Å². The van der Waals surface area contributed by atoms with Gasteiger partial charge in [-0.25, -0.2) is 0 Å². The van der Waals surface area contributed by atoms with Crippen molar-refractivity contribution in [3.05, 3.63) is 40.2 Å². The van der Waals surface area contributed by atoms with Gasteiger partial charge < -0.3 is 4.74 Å². The van der Waals surface area contributed by atoms with Crippen molar-refractivity contribution >= 4 is 5.78 Å². The molecule has 0 atom stereocenters. The summed E-state index contributed by atoms with van der Waals surface area (Å²) < 4.78 is 6.36. The summed E-state index contributed by atoms with van der Waals surface area (Å²) in [6.45, 7) is 12.7. The SMILES string of the molecule is CCCCCCC1=C(C(C)=O)Cc2cc(C)cc(C(C)(C)C)c2O1. The second kappa shape index (κ2) is 7.55. The number of allylic oxidation sites excluding steroid dienone is 2. The van der Waals surface area contributed by atoms with E-state index in [1.54, 1.807) is 6.92 Å². The zero-order chi connectivity index (χ0) is 17.9. The van der Waals surface area contributed by atoms with Crippen LogP contribution in [0.5, 0.6) is 5.75 Å². The maximum Gasteiger partial charge on any atom is 0.159 e. The highest BCUT2D eigenvalue weighted by Crippen LogP contribution is 2.41. The van der Waals surface area contributed by atoms with Gasteiger partial charge in [0.1, 0.15) is 11.5 Å². The highest BCUT2D eigenvalue weighted by molar-refractivity contribution is 5.94. The molecular weight excluding hydrogens is 296 g/mol. The fraction of sp³-hybridized carbons (Fsp3) is 0.591. The number of hydrogen-bond donors (Lipinski definition) is 0. The van der Waals surface area contributed by atoms with E-state index in [1.165, 1.54) is 30.4 Å². The molecule has 1 aromatic rings. The van der Waals surface area contributed by atoms with E-state index in [-0.39, 0.29) is 11.2 Å². The van der Waals surface area contributed by atoms with Crippen LogP contribution in [-0.4, -0.2) is 5.78 Å². The van der Waals surface area contributed by atoms with Crippen molar-refractivity contribution in [2.75, 3.05) is 0 Å². The minimum absolute atomic E-state index is 0.0250. The molecule has 0 fully saturated rings. The molecule has 0 spiro atoms.